The molecule has 2 atom stereocenters. The second kappa shape index (κ2) is 9.88. The van der Waals surface area contributed by atoms with E-state index in [1.165, 1.54) is 31.0 Å². The average molecular weight is 425 g/mol. The van der Waals surface area contributed by atoms with Crippen LogP contribution < -0.4 is 14.7 Å². The minimum absolute atomic E-state index is 0.148. The van der Waals surface area contributed by atoms with E-state index in [0.29, 0.717) is 12.1 Å². The number of piperidine rings is 2. The van der Waals surface area contributed by atoms with Crippen molar-refractivity contribution in [2.75, 3.05) is 40.9 Å². The lowest BCUT2D eigenvalue weighted by molar-refractivity contribution is 0.432. The largest absolute Gasteiger partial charge is 0.371 e. The Bertz CT molecular complexity index is 849. The number of nitrogens with zero attached hydrogens (tertiary/aromatic N) is 4. The first kappa shape index (κ1) is 21.9. The molecule has 3 fully saturated rings. The first-order valence-electron chi connectivity index (χ1n) is 12.2. The van der Waals surface area contributed by atoms with Gasteiger partial charge in [0.15, 0.2) is 0 Å². The van der Waals surface area contributed by atoms with E-state index in [9.17, 15) is 4.39 Å². The zero-order chi connectivity index (χ0) is 21.8. The third kappa shape index (κ3) is 4.65. The van der Waals surface area contributed by atoms with Gasteiger partial charge in [0.2, 0.25) is 0 Å². The van der Waals surface area contributed by atoms with E-state index < -0.39 is 0 Å². The number of anilines is 3. The molecule has 5 heteroatoms. The first-order valence-corrected chi connectivity index (χ1v) is 12.2. The van der Waals surface area contributed by atoms with Crippen molar-refractivity contribution >= 4 is 17.2 Å². The van der Waals surface area contributed by atoms with E-state index in [2.05, 4.69) is 33.8 Å². The fraction of sp³-hybridized carbons (Fsp3) is 0.577. The van der Waals surface area contributed by atoms with Crippen molar-refractivity contribution in [2.45, 2.75) is 65.0 Å². The monoisotopic (exact) mass is 424 g/mol. The highest BCUT2D eigenvalue weighted by atomic mass is 19.1. The van der Waals surface area contributed by atoms with Gasteiger partial charge in [0, 0.05) is 49.8 Å². The van der Waals surface area contributed by atoms with Crippen LogP contribution in [0, 0.1) is 11.7 Å². The number of hydrogen-bond acceptors (Lipinski definition) is 4. The Balaban J connectivity index is 0.00000112. The number of benzene rings is 1. The van der Waals surface area contributed by atoms with Gasteiger partial charge in [-0.3, -0.25) is 0 Å². The highest BCUT2D eigenvalue weighted by Crippen LogP contribution is 2.37. The summed E-state index contributed by atoms with van der Waals surface area (Å²) in [6.07, 6.45) is 7.95. The van der Waals surface area contributed by atoms with Crippen molar-refractivity contribution in [3.8, 4) is 0 Å². The summed E-state index contributed by atoms with van der Waals surface area (Å²) >= 11 is 0. The SMILES string of the molecule is CC.CC1CCN(c2ccnc(N3CCC4C3CCCN4c3cccc(F)c3)c2)CC1. The van der Waals surface area contributed by atoms with Crippen LogP contribution in [0.3, 0.4) is 0 Å². The van der Waals surface area contributed by atoms with Crippen LogP contribution in [-0.4, -0.2) is 43.2 Å². The van der Waals surface area contributed by atoms with Gasteiger partial charge in [-0.15, -0.1) is 0 Å². The van der Waals surface area contributed by atoms with Crippen molar-refractivity contribution in [2.24, 2.45) is 5.92 Å². The Morgan fingerprint density at radius 3 is 2.39 bits per heavy atom. The van der Waals surface area contributed by atoms with Crippen LogP contribution in [0.4, 0.5) is 21.6 Å². The number of pyridine rings is 1. The zero-order valence-corrected chi connectivity index (χ0v) is 19.3. The maximum absolute atomic E-state index is 13.8. The van der Waals surface area contributed by atoms with Crippen LogP contribution >= 0.6 is 0 Å². The molecule has 3 saturated heterocycles. The summed E-state index contributed by atoms with van der Waals surface area (Å²) in [7, 11) is 0. The van der Waals surface area contributed by atoms with Gasteiger partial charge in [-0.25, -0.2) is 9.37 Å². The number of hydrogen-bond donors (Lipinski definition) is 0. The zero-order valence-electron chi connectivity index (χ0n) is 19.3. The minimum Gasteiger partial charge on any atom is -0.371 e. The molecule has 0 N–H and O–H groups in total. The first-order chi connectivity index (χ1) is 15.2. The molecule has 4 nitrogen and oxygen atoms in total. The van der Waals surface area contributed by atoms with Crippen LogP contribution in [0.5, 0.6) is 0 Å². The van der Waals surface area contributed by atoms with Gasteiger partial charge >= 0.3 is 0 Å². The van der Waals surface area contributed by atoms with E-state index in [0.717, 1.165) is 56.4 Å². The van der Waals surface area contributed by atoms with Crippen LogP contribution in [0.15, 0.2) is 42.6 Å². The second-order valence-electron chi connectivity index (χ2n) is 8.97. The standard InChI is InChI=1S/C24H31FN4.C2H6/c1-18-8-13-27(14-9-18)20-7-11-26-24(17-20)29-15-10-23-22(29)6-3-12-28(23)21-5-2-4-19(25)16-21;1-2/h2,4-5,7,11,16-18,22-23H,3,6,8-10,12-15H2,1H3;1-2H3. The molecule has 2 aromatic rings. The van der Waals surface area contributed by atoms with Crippen LogP contribution in [0.2, 0.25) is 0 Å². The Morgan fingerprint density at radius 1 is 0.839 bits per heavy atom. The molecular weight excluding hydrogens is 387 g/mol. The summed E-state index contributed by atoms with van der Waals surface area (Å²) in [6, 6.07) is 12.4. The molecule has 0 amide bonds. The molecule has 31 heavy (non-hydrogen) atoms. The summed E-state index contributed by atoms with van der Waals surface area (Å²) in [4.78, 5) is 12.2. The fourth-order valence-corrected chi connectivity index (χ4v) is 5.47. The van der Waals surface area contributed by atoms with Gasteiger partial charge in [0.05, 0.1) is 12.1 Å². The molecule has 0 aliphatic carbocycles. The molecule has 0 spiro atoms. The molecule has 2 unspecified atom stereocenters. The molecule has 3 aliphatic rings. The van der Waals surface area contributed by atoms with Crippen molar-refractivity contribution in [1.82, 2.24) is 4.98 Å². The molecule has 0 saturated carbocycles. The maximum atomic E-state index is 13.8. The summed E-state index contributed by atoms with van der Waals surface area (Å²) < 4.78 is 13.8. The predicted molar refractivity (Wildman–Crippen MR) is 129 cm³/mol. The number of aromatic nitrogens is 1. The van der Waals surface area contributed by atoms with E-state index in [4.69, 9.17) is 4.98 Å². The predicted octanol–water partition coefficient (Wildman–Crippen LogP) is 5.73. The average Bonchev–Trinajstić information content (AvgIpc) is 3.25. The Hall–Kier alpha value is -2.30. The molecule has 0 bridgehead atoms. The smallest absolute Gasteiger partial charge is 0.130 e. The lowest BCUT2D eigenvalue weighted by Crippen LogP contribution is -2.50. The van der Waals surface area contributed by atoms with Gasteiger partial charge < -0.3 is 14.7 Å². The molecule has 5 rings (SSSR count). The quantitative estimate of drug-likeness (QED) is 0.627. The van der Waals surface area contributed by atoms with Crippen LogP contribution in [-0.2, 0) is 0 Å². The van der Waals surface area contributed by atoms with E-state index in [-0.39, 0.29) is 5.82 Å². The Labute approximate surface area is 187 Å². The highest BCUT2D eigenvalue weighted by Gasteiger charge is 2.41. The normalized spacial score (nSPS) is 23.9. The highest BCUT2D eigenvalue weighted by molar-refractivity contribution is 5.58. The van der Waals surface area contributed by atoms with Crippen molar-refractivity contribution < 1.29 is 4.39 Å². The summed E-state index contributed by atoms with van der Waals surface area (Å²) in [5.74, 6) is 1.79. The minimum atomic E-state index is -0.148. The molecule has 168 valence electrons. The van der Waals surface area contributed by atoms with Crippen LogP contribution in [0.25, 0.3) is 0 Å². The second-order valence-corrected chi connectivity index (χ2v) is 8.97. The molecular formula is C26H37FN4. The third-order valence-corrected chi connectivity index (χ3v) is 7.12. The summed E-state index contributed by atoms with van der Waals surface area (Å²) in [6.45, 7) is 10.7. The van der Waals surface area contributed by atoms with Gasteiger partial charge in [0.25, 0.3) is 0 Å². The van der Waals surface area contributed by atoms with Crippen molar-refractivity contribution in [3.63, 3.8) is 0 Å². The van der Waals surface area contributed by atoms with E-state index in [1.54, 1.807) is 6.07 Å². The molecule has 0 radical (unpaired) electrons. The van der Waals surface area contributed by atoms with Crippen molar-refractivity contribution in [3.05, 3.63) is 48.4 Å². The maximum Gasteiger partial charge on any atom is 0.130 e. The van der Waals surface area contributed by atoms with Gasteiger partial charge in [0.1, 0.15) is 11.6 Å². The lowest BCUT2D eigenvalue weighted by atomic mass is 9.96. The van der Waals surface area contributed by atoms with Crippen molar-refractivity contribution in [1.29, 1.82) is 0 Å². The van der Waals surface area contributed by atoms with E-state index in [1.807, 2.05) is 32.2 Å². The Kier molecular flexibility index (Phi) is 6.99. The van der Waals surface area contributed by atoms with Crippen LogP contribution in [0.1, 0.15) is 52.9 Å². The topological polar surface area (TPSA) is 22.6 Å². The lowest BCUT2D eigenvalue weighted by Gasteiger charge is -2.41. The van der Waals surface area contributed by atoms with Gasteiger partial charge in [-0.1, -0.05) is 26.8 Å². The molecule has 3 aliphatic heterocycles. The number of fused-ring (bicyclic) bond motifs is 1. The number of halogens is 1. The molecule has 4 heterocycles. The summed E-state index contributed by atoms with van der Waals surface area (Å²) in [5, 5.41) is 0. The number of rotatable bonds is 3. The molecule has 1 aromatic carbocycles. The van der Waals surface area contributed by atoms with Gasteiger partial charge in [-0.2, -0.15) is 0 Å². The van der Waals surface area contributed by atoms with E-state index >= 15 is 0 Å². The summed E-state index contributed by atoms with van der Waals surface area (Å²) in [5.41, 5.74) is 2.33. The third-order valence-electron chi connectivity index (χ3n) is 7.12. The van der Waals surface area contributed by atoms with Gasteiger partial charge in [-0.05, 0) is 62.3 Å². The fourth-order valence-electron chi connectivity index (χ4n) is 5.47. The molecule has 1 aromatic heterocycles. The Morgan fingerprint density at radius 2 is 1.61 bits per heavy atom.